The van der Waals surface area contributed by atoms with E-state index in [1.165, 1.54) is 19.0 Å². The standard InChI is InChI=1S/C12H18FN3/c1-12(5-2-3-6-12)11(16-14)9-4-7-15-8-10(9)13/h4,7-8,11,16H,2-3,5-6,14H2,1H3. The highest BCUT2D eigenvalue weighted by atomic mass is 19.1. The molecule has 1 atom stereocenters. The van der Waals surface area contributed by atoms with E-state index in [2.05, 4.69) is 17.3 Å². The molecule has 3 nitrogen and oxygen atoms in total. The molecule has 0 saturated heterocycles. The number of nitrogens with two attached hydrogens (primary N) is 1. The lowest BCUT2D eigenvalue weighted by Gasteiger charge is -2.34. The molecule has 1 aromatic rings. The summed E-state index contributed by atoms with van der Waals surface area (Å²) in [5.74, 6) is 5.32. The van der Waals surface area contributed by atoms with Crippen molar-refractivity contribution in [3.63, 3.8) is 0 Å². The fourth-order valence-corrected chi connectivity index (χ4v) is 2.76. The van der Waals surface area contributed by atoms with Gasteiger partial charge in [0, 0.05) is 11.8 Å². The van der Waals surface area contributed by atoms with Gasteiger partial charge in [-0.1, -0.05) is 19.8 Å². The molecule has 0 spiro atoms. The van der Waals surface area contributed by atoms with Crippen molar-refractivity contribution in [2.75, 3.05) is 0 Å². The molecule has 2 rings (SSSR count). The van der Waals surface area contributed by atoms with Gasteiger partial charge in [-0.15, -0.1) is 0 Å². The van der Waals surface area contributed by atoms with Crippen LogP contribution in [0.3, 0.4) is 0 Å². The quantitative estimate of drug-likeness (QED) is 0.610. The van der Waals surface area contributed by atoms with Crippen LogP contribution in [-0.2, 0) is 0 Å². The van der Waals surface area contributed by atoms with E-state index >= 15 is 0 Å². The summed E-state index contributed by atoms with van der Waals surface area (Å²) in [5, 5.41) is 0. The Labute approximate surface area is 95.2 Å². The number of nitrogens with one attached hydrogen (secondary N) is 1. The van der Waals surface area contributed by atoms with Gasteiger partial charge in [-0.05, 0) is 24.3 Å². The van der Waals surface area contributed by atoms with Gasteiger partial charge in [0.1, 0.15) is 5.82 Å². The zero-order valence-electron chi connectivity index (χ0n) is 9.54. The number of hydrogen-bond acceptors (Lipinski definition) is 3. The molecule has 0 aromatic carbocycles. The van der Waals surface area contributed by atoms with E-state index in [0.717, 1.165) is 12.8 Å². The molecule has 1 aliphatic carbocycles. The molecule has 1 aliphatic rings. The summed E-state index contributed by atoms with van der Waals surface area (Å²) < 4.78 is 13.7. The van der Waals surface area contributed by atoms with E-state index in [9.17, 15) is 4.39 Å². The van der Waals surface area contributed by atoms with Crippen LogP contribution in [0, 0.1) is 11.2 Å². The minimum absolute atomic E-state index is 0.0525. The van der Waals surface area contributed by atoms with Gasteiger partial charge < -0.3 is 0 Å². The summed E-state index contributed by atoms with van der Waals surface area (Å²) in [5.41, 5.74) is 3.45. The van der Waals surface area contributed by atoms with Crippen LogP contribution in [0.5, 0.6) is 0 Å². The van der Waals surface area contributed by atoms with Gasteiger partial charge in [0.15, 0.2) is 0 Å². The first-order chi connectivity index (χ1) is 7.67. The number of nitrogens with zero attached hydrogens (tertiary/aromatic N) is 1. The van der Waals surface area contributed by atoms with Gasteiger partial charge in [0.25, 0.3) is 0 Å². The number of hydrogen-bond donors (Lipinski definition) is 2. The highest BCUT2D eigenvalue weighted by Crippen LogP contribution is 2.47. The number of halogens is 1. The van der Waals surface area contributed by atoms with Crippen molar-refractivity contribution in [1.82, 2.24) is 10.4 Å². The van der Waals surface area contributed by atoms with Crippen molar-refractivity contribution >= 4 is 0 Å². The summed E-state index contributed by atoms with van der Waals surface area (Å²) in [6.45, 7) is 2.17. The Hall–Kier alpha value is -1.00. The summed E-state index contributed by atoms with van der Waals surface area (Å²) in [6.07, 6.45) is 7.43. The number of pyridine rings is 1. The van der Waals surface area contributed by atoms with Crippen molar-refractivity contribution in [3.05, 3.63) is 29.8 Å². The highest BCUT2D eigenvalue weighted by molar-refractivity contribution is 5.20. The van der Waals surface area contributed by atoms with Gasteiger partial charge in [0.05, 0.1) is 12.2 Å². The predicted octanol–water partition coefficient (Wildman–Crippen LogP) is 2.31. The van der Waals surface area contributed by atoms with Crippen LogP contribution in [0.1, 0.15) is 44.2 Å². The number of rotatable bonds is 3. The third-order valence-corrected chi connectivity index (χ3v) is 3.72. The highest BCUT2D eigenvalue weighted by Gasteiger charge is 2.38. The van der Waals surface area contributed by atoms with Gasteiger partial charge >= 0.3 is 0 Å². The lowest BCUT2D eigenvalue weighted by Crippen LogP contribution is -2.39. The van der Waals surface area contributed by atoms with Crippen LogP contribution < -0.4 is 11.3 Å². The number of aromatic nitrogens is 1. The van der Waals surface area contributed by atoms with Crippen LogP contribution in [0.4, 0.5) is 4.39 Å². The van der Waals surface area contributed by atoms with Crippen LogP contribution in [0.15, 0.2) is 18.5 Å². The van der Waals surface area contributed by atoms with Crippen molar-refractivity contribution < 1.29 is 4.39 Å². The molecule has 1 fully saturated rings. The first-order valence-corrected chi connectivity index (χ1v) is 5.73. The Kier molecular flexibility index (Phi) is 3.21. The minimum Gasteiger partial charge on any atom is -0.271 e. The van der Waals surface area contributed by atoms with Crippen molar-refractivity contribution in [2.24, 2.45) is 11.3 Å². The first-order valence-electron chi connectivity index (χ1n) is 5.73. The van der Waals surface area contributed by atoms with E-state index < -0.39 is 0 Å². The van der Waals surface area contributed by atoms with E-state index in [4.69, 9.17) is 5.84 Å². The van der Waals surface area contributed by atoms with Crippen LogP contribution in [0.25, 0.3) is 0 Å². The molecule has 1 saturated carbocycles. The Morgan fingerprint density at radius 2 is 2.19 bits per heavy atom. The maximum Gasteiger partial charge on any atom is 0.146 e. The lowest BCUT2D eigenvalue weighted by atomic mass is 9.77. The van der Waals surface area contributed by atoms with E-state index in [0.29, 0.717) is 5.56 Å². The van der Waals surface area contributed by atoms with Crippen LogP contribution in [0.2, 0.25) is 0 Å². The molecule has 0 bridgehead atoms. The van der Waals surface area contributed by atoms with Gasteiger partial charge in [-0.2, -0.15) is 0 Å². The topological polar surface area (TPSA) is 50.9 Å². The van der Waals surface area contributed by atoms with Gasteiger partial charge in [0.2, 0.25) is 0 Å². The molecule has 0 aliphatic heterocycles. The van der Waals surface area contributed by atoms with Crippen molar-refractivity contribution in [1.29, 1.82) is 0 Å². The Morgan fingerprint density at radius 3 is 2.75 bits per heavy atom. The van der Waals surface area contributed by atoms with E-state index in [1.807, 2.05) is 0 Å². The second kappa shape index (κ2) is 4.47. The lowest BCUT2D eigenvalue weighted by molar-refractivity contribution is 0.220. The van der Waals surface area contributed by atoms with Gasteiger partial charge in [-0.25, -0.2) is 4.39 Å². The minimum atomic E-state index is -0.279. The second-order valence-electron chi connectivity index (χ2n) is 4.86. The molecule has 0 radical (unpaired) electrons. The fraction of sp³-hybridized carbons (Fsp3) is 0.583. The zero-order valence-corrected chi connectivity index (χ0v) is 9.54. The maximum absolute atomic E-state index is 13.7. The number of hydrazine groups is 1. The third-order valence-electron chi connectivity index (χ3n) is 3.72. The van der Waals surface area contributed by atoms with Gasteiger partial charge in [-0.3, -0.25) is 16.3 Å². The average molecular weight is 223 g/mol. The van der Waals surface area contributed by atoms with Crippen molar-refractivity contribution in [3.8, 4) is 0 Å². The molecule has 3 N–H and O–H groups in total. The largest absolute Gasteiger partial charge is 0.271 e. The summed E-state index contributed by atoms with van der Waals surface area (Å²) in [6, 6.07) is 1.58. The summed E-state index contributed by atoms with van der Waals surface area (Å²) in [7, 11) is 0. The van der Waals surface area contributed by atoms with Crippen LogP contribution in [-0.4, -0.2) is 4.98 Å². The smallest absolute Gasteiger partial charge is 0.146 e. The molecule has 1 aromatic heterocycles. The zero-order chi connectivity index (χ0) is 11.6. The fourth-order valence-electron chi connectivity index (χ4n) is 2.76. The molecule has 0 amide bonds. The van der Waals surface area contributed by atoms with E-state index in [1.54, 1.807) is 12.3 Å². The first kappa shape index (κ1) is 11.5. The molecular formula is C12H18FN3. The third kappa shape index (κ3) is 1.95. The summed E-state index contributed by atoms with van der Waals surface area (Å²) in [4.78, 5) is 3.77. The molecule has 88 valence electrons. The molecule has 4 heteroatoms. The van der Waals surface area contributed by atoms with Crippen LogP contribution >= 0.6 is 0 Å². The maximum atomic E-state index is 13.7. The van der Waals surface area contributed by atoms with E-state index in [-0.39, 0.29) is 17.3 Å². The molecule has 16 heavy (non-hydrogen) atoms. The van der Waals surface area contributed by atoms with Crippen molar-refractivity contribution in [2.45, 2.75) is 38.6 Å². The monoisotopic (exact) mass is 223 g/mol. The SMILES string of the molecule is CC1(C(NN)c2ccncc2F)CCCC1. The summed E-state index contributed by atoms with van der Waals surface area (Å²) >= 11 is 0. The Balaban J connectivity index is 2.32. The second-order valence-corrected chi connectivity index (χ2v) is 4.86. The molecular weight excluding hydrogens is 205 g/mol. The average Bonchev–Trinajstić information content (AvgIpc) is 2.70. The Morgan fingerprint density at radius 1 is 1.50 bits per heavy atom. The molecule has 1 heterocycles. The normalized spacial score (nSPS) is 20.9. The molecule has 1 unspecified atom stereocenters. The predicted molar refractivity (Wildman–Crippen MR) is 60.8 cm³/mol. The Bertz CT molecular complexity index is 361.